The van der Waals surface area contributed by atoms with Crippen molar-refractivity contribution in [3.8, 4) is 5.75 Å². The number of nitro benzene ring substituents is 1. The van der Waals surface area contributed by atoms with Gasteiger partial charge in [0.15, 0.2) is 0 Å². The van der Waals surface area contributed by atoms with Gasteiger partial charge in [0.1, 0.15) is 18.3 Å². The number of nitrogens with one attached hydrogen (secondary N) is 1. The van der Waals surface area contributed by atoms with Crippen LogP contribution in [0.2, 0.25) is 5.02 Å². The van der Waals surface area contributed by atoms with Crippen LogP contribution in [0.5, 0.6) is 5.75 Å². The van der Waals surface area contributed by atoms with Crippen LogP contribution in [-0.2, 0) is 26.2 Å². The average Bonchev–Trinajstić information content (AvgIpc) is 2.93. The first-order valence-electron chi connectivity index (χ1n) is 12.2. The predicted molar refractivity (Wildman–Crippen MR) is 159 cm³/mol. The molecule has 218 valence electrons. The van der Waals surface area contributed by atoms with Crippen LogP contribution in [-0.4, -0.2) is 56.8 Å². The Morgan fingerprint density at radius 1 is 1.15 bits per heavy atom. The summed E-state index contributed by atoms with van der Waals surface area (Å²) in [6, 6.07) is 13.8. The third-order valence-electron chi connectivity index (χ3n) is 6.31. The molecule has 0 spiro atoms. The summed E-state index contributed by atoms with van der Waals surface area (Å²) >= 11 is 9.61. The quantitative estimate of drug-likeness (QED) is 0.231. The van der Waals surface area contributed by atoms with Crippen molar-refractivity contribution in [2.45, 2.75) is 31.3 Å². The Morgan fingerprint density at radius 3 is 2.46 bits per heavy atom. The van der Waals surface area contributed by atoms with Crippen LogP contribution < -0.4 is 14.4 Å². The number of carbonyl (C=O) groups excluding carboxylic acids is 2. The first-order valence-corrected chi connectivity index (χ1v) is 14.8. The van der Waals surface area contributed by atoms with Crippen molar-refractivity contribution in [3.63, 3.8) is 0 Å². The van der Waals surface area contributed by atoms with E-state index in [1.165, 1.54) is 63.2 Å². The lowest BCUT2D eigenvalue weighted by molar-refractivity contribution is -0.385. The maximum Gasteiger partial charge on any atom is 0.273 e. The molecule has 11 nitrogen and oxygen atoms in total. The standard InChI is InChI=1S/C27H28BrClN4O7S/c1-17-8-10-22(14-23(17)33(36)37)41(38,39)32(24-13-21(29)9-11-25(24)40-4)16-26(34)31(18(2)27(35)30-3)15-19-6-5-7-20(28)12-19/h5-14,18H,15-16H2,1-4H3,(H,30,35)/t18-/m0/s1. The summed E-state index contributed by atoms with van der Waals surface area (Å²) in [6.07, 6.45) is 0. The average molecular weight is 668 g/mol. The molecule has 3 rings (SSSR count). The Morgan fingerprint density at radius 2 is 1.85 bits per heavy atom. The Hall–Kier alpha value is -3.68. The van der Waals surface area contributed by atoms with Crippen LogP contribution in [0, 0.1) is 17.0 Å². The Kier molecular flexibility index (Phi) is 10.3. The number of nitro groups is 1. The van der Waals surface area contributed by atoms with Crippen molar-refractivity contribution in [2.75, 3.05) is 25.0 Å². The molecule has 0 saturated carbocycles. The molecule has 0 radical (unpaired) electrons. The van der Waals surface area contributed by atoms with E-state index in [0.717, 1.165) is 14.8 Å². The molecule has 1 N–H and O–H groups in total. The molecular weight excluding hydrogens is 640 g/mol. The van der Waals surface area contributed by atoms with Crippen LogP contribution in [0.25, 0.3) is 0 Å². The topological polar surface area (TPSA) is 139 Å². The fourth-order valence-corrected chi connectivity index (χ4v) is 6.12. The number of methoxy groups -OCH3 is 1. The maximum atomic E-state index is 14.1. The molecule has 0 heterocycles. The van der Waals surface area contributed by atoms with Crippen molar-refractivity contribution in [3.05, 3.63) is 91.4 Å². The lowest BCUT2D eigenvalue weighted by Crippen LogP contribution is -2.50. The lowest BCUT2D eigenvalue weighted by Gasteiger charge is -2.32. The van der Waals surface area contributed by atoms with Gasteiger partial charge in [-0.1, -0.05) is 45.7 Å². The zero-order valence-corrected chi connectivity index (χ0v) is 25.8. The number of anilines is 1. The second kappa shape index (κ2) is 13.3. The first-order chi connectivity index (χ1) is 19.3. The molecule has 41 heavy (non-hydrogen) atoms. The van der Waals surface area contributed by atoms with Gasteiger partial charge in [0.25, 0.3) is 15.7 Å². The van der Waals surface area contributed by atoms with Crippen LogP contribution in [0.3, 0.4) is 0 Å². The molecule has 0 aliphatic carbocycles. The molecule has 0 aromatic heterocycles. The second-order valence-corrected chi connectivity index (χ2v) is 12.2. The molecule has 1 atom stereocenters. The van der Waals surface area contributed by atoms with Crippen molar-refractivity contribution in [1.29, 1.82) is 0 Å². The molecular formula is C27H28BrClN4O7S. The van der Waals surface area contributed by atoms with Gasteiger partial charge < -0.3 is 15.0 Å². The number of nitrogens with zero attached hydrogens (tertiary/aromatic N) is 3. The fourth-order valence-electron chi connectivity index (χ4n) is 4.07. The highest BCUT2D eigenvalue weighted by Gasteiger charge is 2.34. The van der Waals surface area contributed by atoms with E-state index in [1.54, 1.807) is 24.3 Å². The highest BCUT2D eigenvalue weighted by atomic mass is 79.9. The van der Waals surface area contributed by atoms with Crippen molar-refractivity contribution in [1.82, 2.24) is 10.2 Å². The summed E-state index contributed by atoms with van der Waals surface area (Å²) in [5.41, 5.74) is 0.482. The molecule has 0 saturated heterocycles. The number of aryl methyl sites for hydroxylation is 1. The van der Waals surface area contributed by atoms with E-state index >= 15 is 0 Å². The lowest BCUT2D eigenvalue weighted by atomic mass is 10.1. The zero-order chi connectivity index (χ0) is 30.5. The van der Waals surface area contributed by atoms with Gasteiger partial charge in [-0.25, -0.2) is 8.42 Å². The van der Waals surface area contributed by atoms with E-state index in [1.807, 2.05) is 0 Å². The van der Waals surface area contributed by atoms with Crippen LogP contribution in [0.1, 0.15) is 18.1 Å². The van der Waals surface area contributed by atoms with Gasteiger partial charge in [0.2, 0.25) is 11.8 Å². The number of carbonyl (C=O) groups is 2. The number of benzene rings is 3. The van der Waals surface area contributed by atoms with Crippen molar-refractivity contribution < 1.29 is 27.7 Å². The maximum absolute atomic E-state index is 14.1. The summed E-state index contributed by atoms with van der Waals surface area (Å²) in [5.74, 6) is -1.09. The van der Waals surface area contributed by atoms with E-state index in [2.05, 4.69) is 21.2 Å². The van der Waals surface area contributed by atoms with E-state index in [-0.39, 0.29) is 28.6 Å². The highest BCUT2D eigenvalue weighted by molar-refractivity contribution is 9.10. The number of hydrogen-bond acceptors (Lipinski definition) is 7. The zero-order valence-electron chi connectivity index (χ0n) is 22.6. The number of hydrogen-bond donors (Lipinski definition) is 1. The van der Waals surface area contributed by atoms with Crippen LogP contribution in [0.4, 0.5) is 11.4 Å². The minimum Gasteiger partial charge on any atom is -0.495 e. The smallest absolute Gasteiger partial charge is 0.273 e. The monoisotopic (exact) mass is 666 g/mol. The summed E-state index contributed by atoms with van der Waals surface area (Å²) < 4.78 is 35.0. The molecule has 2 amide bonds. The Labute approximate surface area is 251 Å². The second-order valence-electron chi connectivity index (χ2n) is 8.98. The number of sulfonamides is 1. The number of rotatable bonds is 11. The van der Waals surface area contributed by atoms with Gasteiger partial charge in [-0.2, -0.15) is 0 Å². The largest absolute Gasteiger partial charge is 0.495 e. The SMILES string of the molecule is CNC(=O)[C@H](C)N(Cc1cccc(Br)c1)C(=O)CN(c1cc(Cl)ccc1OC)S(=O)(=O)c1ccc(C)c([N+](=O)[O-])c1. The normalized spacial score (nSPS) is 11.9. The molecule has 3 aromatic rings. The molecule has 3 aromatic carbocycles. The number of amides is 2. The van der Waals surface area contributed by atoms with Crippen LogP contribution in [0.15, 0.2) is 70.0 Å². The molecule has 0 unspecified atom stereocenters. The fraction of sp³-hybridized carbons (Fsp3) is 0.259. The Balaban J connectivity index is 2.17. The third-order valence-corrected chi connectivity index (χ3v) is 8.79. The van der Waals surface area contributed by atoms with Gasteiger partial charge in [-0.15, -0.1) is 0 Å². The molecule has 0 aliphatic heterocycles. The van der Waals surface area contributed by atoms with Crippen LogP contribution >= 0.6 is 27.5 Å². The summed E-state index contributed by atoms with van der Waals surface area (Å²) in [5, 5.41) is 14.2. The van der Waals surface area contributed by atoms with E-state index in [4.69, 9.17) is 16.3 Å². The highest BCUT2D eigenvalue weighted by Crippen LogP contribution is 2.36. The van der Waals surface area contributed by atoms with Crippen molar-refractivity contribution in [2.24, 2.45) is 0 Å². The number of ether oxygens (including phenoxy) is 1. The van der Waals surface area contributed by atoms with Gasteiger partial charge in [-0.3, -0.25) is 24.0 Å². The van der Waals surface area contributed by atoms with Gasteiger partial charge in [-0.05, 0) is 55.8 Å². The number of halogens is 2. The minimum atomic E-state index is -4.60. The van der Waals surface area contributed by atoms with E-state index in [0.29, 0.717) is 5.56 Å². The third kappa shape index (κ3) is 7.34. The summed E-state index contributed by atoms with van der Waals surface area (Å²) in [6.45, 7) is 2.23. The molecule has 0 fully saturated rings. The molecule has 0 bridgehead atoms. The van der Waals surface area contributed by atoms with Crippen molar-refractivity contribution >= 4 is 60.7 Å². The minimum absolute atomic E-state index is 0.0105. The first kappa shape index (κ1) is 31.8. The Bertz CT molecular complexity index is 1590. The van der Waals surface area contributed by atoms with Gasteiger partial charge >= 0.3 is 0 Å². The number of likely N-dealkylation sites (N-methyl/N-ethyl adjacent to an activating group) is 1. The molecule has 14 heteroatoms. The van der Waals surface area contributed by atoms with E-state index < -0.39 is 49.9 Å². The summed E-state index contributed by atoms with van der Waals surface area (Å²) in [7, 11) is -1.85. The van der Waals surface area contributed by atoms with E-state index in [9.17, 15) is 28.1 Å². The predicted octanol–water partition coefficient (Wildman–Crippen LogP) is 4.69. The van der Waals surface area contributed by atoms with Gasteiger partial charge in [0, 0.05) is 34.7 Å². The molecule has 0 aliphatic rings. The summed E-state index contributed by atoms with van der Waals surface area (Å²) in [4.78, 5) is 38.3. The van der Waals surface area contributed by atoms with Gasteiger partial charge in [0.05, 0.1) is 22.6 Å².